The smallest absolute Gasteiger partial charge is 0.193 e. The number of ether oxygens (including phenoxy) is 2. The molecule has 4 nitrogen and oxygen atoms in total. The highest BCUT2D eigenvalue weighted by Gasteiger charge is 2.31. The highest BCUT2D eigenvalue weighted by atomic mass is 16.5. The first-order valence-electron chi connectivity index (χ1n) is 12.8. The largest absolute Gasteiger partial charge is 0.508 e. The van der Waals surface area contributed by atoms with E-state index in [0.717, 1.165) is 28.0 Å². The lowest BCUT2D eigenvalue weighted by Gasteiger charge is -2.32. The molecule has 1 atom stereocenters. The molecule has 0 fully saturated rings. The summed E-state index contributed by atoms with van der Waals surface area (Å²) in [6, 6.07) is 38.2. The van der Waals surface area contributed by atoms with E-state index in [1.165, 1.54) is 0 Å². The number of hydrogen-bond donors (Lipinski definition) is 1. The van der Waals surface area contributed by atoms with Crippen LogP contribution >= 0.6 is 0 Å². The van der Waals surface area contributed by atoms with E-state index >= 15 is 0 Å². The van der Waals surface area contributed by atoms with Gasteiger partial charge in [-0.05, 0) is 91.2 Å². The molecule has 0 heterocycles. The molecule has 0 saturated carbocycles. The number of phenols is 1. The van der Waals surface area contributed by atoms with Crippen LogP contribution in [0.3, 0.4) is 0 Å². The Labute approximate surface area is 229 Å². The molecule has 0 saturated heterocycles. The molecule has 5 aromatic rings. The molecule has 0 bridgehead atoms. The van der Waals surface area contributed by atoms with Crippen LogP contribution in [0.15, 0.2) is 121 Å². The molecule has 194 valence electrons. The van der Waals surface area contributed by atoms with Crippen molar-refractivity contribution in [2.75, 3.05) is 7.11 Å². The van der Waals surface area contributed by atoms with Gasteiger partial charge in [-0.25, -0.2) is 0 Å². The van der Waals surface area contributed by atoms with E-state index in [2.05, 4.69) is 31.2 Å². The summed E-state index contributed by atoms with van der Waals surface area (Å²) in [7, 11) is 1.66. The summed E-state index contributed by atoms with van der Waals surface area (Å²) >= 11 is 0. The molecule has 4 heteroatoms. The summed E-state index contributed by atoms with van der Waals surface area (Å²) in [5, 5.41) is 9.87. The Balaban J connectivity index is 1.39. The van der Waals surface area contributed by atoms with Crippen molar-refractivity contribution in [1.82, 2.24) is 0 Å². The number of aryl methyl sites for hydroxylation is 1. The SMILES string of the molecule is COc1ccc(C(C)(c2ccc(O)cc2)c2ccc(Oc3ccc(C(=O)c4ccc(C)cc4)cc3)cc2)cc1. The fraction of sp³-hybridized carbons (Fsp3) is 0.114. The van der Waals surface area contributed by atoms with Crippen molar-refractivity contribution in [2.24, 2.45) is 0 Å². The van der Waals surface area contributed by atoms with Crippen LogP contribution in [0.2, 0.25) is 0 Å². The Hall–Kier alpha value is -4.83. The minimum absolute atomic E-state index is 0.0158. The van der Waals surface area contributed by atoms with Gasteiger partial charge in [-0.15, -0.1) is 0 Å². The molecule has 39 heavy (non-hydrogen) atoms. The first kappa shape index (κ1) is 25.8. The maximum Gasteiger partial charge on any atom is 0.193 e. The molecule has 1 unspecified atom stereocenters. The van der Waals surface area contributed by atoms with E-state index in [1.807, 2.05) is 79.7 Å². The van der Waals surface area contributed by atoms with Crippen molar-refractivity contribution in [3.63, 3.8) is 0 Å². The maximum atomic E-state index is 12.8. The van der Waals surface area contributed by atoms with Crippen LogP contribution in [0.1, 0.15) is 45.1 Å². The van der Waals surface area contributed by atoms with Crippen LogP contribution in [0.25, 0.3) is 0 Å². The van der Waals surface area contributed by atoms with Crippen LogP contribution < -0.4 is 9.47 Å². The average Bonchev–Trinajstić information content (AvgIpc) is 2.98. The third-order valence-electron chi connectivity index (χ3n) is 7.21. The summed E-state index contributed by atoms with van der Waals surface area (Å²) < 4.78 is 11.5. The van der Waals surface area contributed by atoms with Crippen LogP contribution in [0.5, 0.6) is 23.0 Å². The predicted octanol–water partition coefficient (Wildman–Crippen LogP) is 8.09. The Morgan fingerprint density at radius 2 is 0.974 bits per heavy atom. The number of benzene rings is 5. The zero-order valence-electron chi connectivity index (χ0n) is 22.2. The summed E-state index contributed by atoms with van der Waals surface area (Å²) in [5.41, 5.74) is 5.14. The van der Waals surface area contributed by atoms with Gasteiger partial charge in [-0.3, -0.25) is 4.79 Å². The van der Waals surface area contributed by atoms with Crippen LogP contribution in [-0.2, 0) is 5.41 Å². The topological polar surface area (TPSA) is 55.8 Å². The lowest BCUT2D eigenvalue weighted by molar-refractivity contribution is 0.103. The zero-order chi connectivity index (χ0) is 27.4. The number of carbonyl (C=O) groups is 1. The first-order chi connectivity index (χ1) is 18.9. The molecule has 0 aliphatic heterocycles. The fourth-order valence-electron chi connectivity index (χ4n) is 4.76. The number of ketones is 1. The number of carbonyl (C=O) groups excluding carboxylic acids is 1. The van der Waals surface area contributed by atoms with Gasteiger partial charge >= 0.3 is 0 Å². The minimum Gasteiger partial charge on any atom is -0.508 e. The van der Waals surface area contributed by atoms with Gasteiger partial charge in [-0.1, -0.05) is 66.2 Å². The molecule has 0 amide bonds. The molecular formula is C35H30O4. The molecule has 5 aromatic carbocycles. The third kappa shape index (κ3) is 5.41. The van der Waals surface area contributed by atoms with Crippen molar-refractivity contribution < 1.29 is 19.4 Å². The minimum atomic E-state index is -0.476. The predicted molar refractivity (Wildman–Crippen MR) is 154 cm³/mol. The lowest BCUT2D eigenvalue weighted by atomic mass is 9.71. The number of hydrogen-bond acceptors (Lipinski definition) is 4. The Bertz CT molecular complexity index is 1550. The number of aromatic hydroxyl groups is 1. The second kappa shape index (κ2) is 10.9. The number of rotatable bonds is 8. The van der Waals surface area contributed by atoms with Gasteiger partial charge in [0.05, 0.1) is 7.11 Å². The van der Waals surface area contributed by atoms with Crippen molar-refractivity contribution in [2.45, 2.75) is 19.3 Å². The van der Waals surface area contributed by atoms with Crippen molar-refractivity contribution in [3.8, 4) is 23.0 Å². The van der Waals surface area contributed by atoms with Gasteiger partial charge in [0.1, 0.15) is 23.0 Å². The van der Waals surface area contributed by atoms with Gasteiger partial charge in [0.15, 0.2) is 5.78 Å². The summed E-state index contributed by atoms with van der Waals surface area (Å²) in [5.74, 6) is 2.35. The standard InChI is InChI=1S/C35H30O4/c1-24-4-6-25(7-5-24)34(37)26-8-18-32(19-9-26)39-33-22-14-29(15-23-33)35(2,27-10-16-30(36)17-11-27)28-12-20-31(38-3)21-13-28/h4-23,36H,1-3H3. The van der Waals surface area contributed by atoms with Crippen LogP contribution in [0, 0.1) is 6.92 Å². The van der Waals surface area contributed by atoms with Crippen LogP contribution in [-0.4, -0.2) is 18.0 Å². The Kier molecular flexibility index (Phi) is 7.20. The van der Waals surface area contributed by atoms with Gasteiger partial charge in [-0.2, -0.15) is 0 Å². The normalized spacial score (nSPS) is 12.4. The molecule has 0 aliphatic rings. The Morgan fingerprint density at radius 1 is 0.590 bits per heavy atom. The van der Waals surface area contributed by atoms with E-state index in [9.17, 15) is 9.90 Å². The molecule has 5 rings (SSSR count). The van der Waals surface area contributed by atoms with E-state index in [1.54, 1.807) is 31.4 Å². The number of phenolic OH excluding ortho intramolecular Hbond substituents is 1. The molecule has 0 aromatic heterocycles. The van der Waals surface area contributed by atoms with Gasteiger partial charge in [0.25, 0.3) is 0 Å². The zero-order valence-corrected chi connectivity index (χ0v) is 22.2. The maximum absolute atomic E-state index is 12.8. The van der Waals surface area contributed by atoms with E-state index < -0.39 is 5.41 Å². The van der Waals surface area contributed by atoms with E-state index in [-0.39, 0.29) is 11.5 Å². The van der Waals surface area contributed by atoms with Crippen molar-refractivity contribution >= 4 is 5.78 Å². The van der Waals surface area contributed by atoms with Crippen molar-refractivity contribution in [3.05, 3.63) is 155 Å². The van der Waals surface area contributed by atoms with Gasteiger partial charge in [0, 0.05) is 16.5 Å². The summed E-state index contributed by atoms with van der Waals surface area (Å²) in [4.78, 5) is 12.8. The first-order valence-corrected chi connectivity index (χ1v) is 12.8. The number of methoxy groups -OCH3 is 1. The fourth-order valence-corrected chi connectivity index (χ4v) is 4.76. The highest BCUT2D eigenvalue weighted by molar-refractivity contribution is 6.09. The van der Waals surface area contributed by atoms with Crippen molar-refractivity contribution in [1.29, 1.82) is 0 Å². The summed E-state index contributed by atoms with van der Waals surface area (Å²) in [6.45, 7) is 4.17. The second-order valence-corrected chi connectivity index (χ2v) is 9.75. The van der Waals surface area contributed by atoms with Gasteiger partial charge < -0.3 is 14.6 Å². The molecule has 0 radical (unpaired) electrons. The van der Waals surface area contributed by atoms with Gasteiger partial charge in [0.2, 0.25) is 0 Å². The highest BCUT2D eigenvalue weighted by Crippen LogP contribution is 2.40. The Morgan fingerprint density at radius 3 is 1.44 bits per heavy atom. The lowest BCUT2D eigenvalue weighted by Crippen LogP contribution is -2.25. The average molecular weight is 515 g/mol. The quantitative estimate of drug-likeness (QED) is 0.168. The molecule has 1 N–H and O–H groups in total. The second-order valence-electron chi connectivity index (χ2n) is 9.75. The monoisotopic (exact) mass is 514 g/mol. The summed E-state index contributed by atoms with van der Waals surface area (Å²) in [6.07, 6.45) is 0. The van der Waals surface area contributed by atoms with E-state index in [0.29, 0.717) is 22.6 Å². The molecule has 0 spiro atoms. The third-order valence-corrected chi connectivity index (χ3v) is 7.21. The molecular weight excluding hydrogens is 484 g/mol. The van der Waals surface area contributed by atoms with Crippen LogP contribution in [0.4, 0.5) is 0 Å². The van der Waals surface area contributed by atoms with E-state index in [4.69, 9.17) is 9.47 Å². The molecule has 0 aliphatic carbocycles.